The van der Waals surface area contributed by atoms with Gasteiger partial charge in [-0.05, 0) is 38.1 Å². The van der Waals surface area contributed by atoms with Crippen molar-refractivity contribution in [2.45, 2.75) is 50.0 Å². The van der Waals surface area contributed by atoms with E-state index < -0.39 is 6.10 Å². The molecule has 1 amide bonds. The number of aromatic nitrogens is 2. The van der Waals surface area contributed by atoms with Crippen LogP contribution in [0.2, 0.25) is 0 Å². The number of hydrogen-bond donors (Lipinski definition) is 2. The second kappa shape index (κ2) is 8.67. The Bertz CT molecular complexity index is 768. The van der Waals surface area contributed by atoms with Gasteiger partial charge < -0.3 is 15.2 Å². The molecule has 4 rings (SSSR count). The van der Waals surface area contributed by atoms with Crippen molar-refractivity contribution in [3.63, 3.8) is 0 Å². The van der Waals surface area contributed by atoms with Gasteiger partial charge in [-0.2, -0.15) is 0 Å². The van der Waals surface area contributed by atoms with Crippen molar-refractivity contribution in [2.24, 2.45) is 0 Å². The van der Waals surface area contributed by atoms with Crippen LogP contribution in [0.5, 0.6) is 5.75 Å². The molecule has 2 aliphatic rings. The molecule has 0 bridgehead atoms. The number of carbonyl (C=O) groups excluding carboxylic acids is 1. The van der Waals surface area contributed by atoms with Crippen LogP contribution in [0.4, 0.5) is 0 Å². The number of hydrogen-bond acceptors (Lipinski definition) is 6. The zero-order valence-corrected chi connectivity index (χ0v) is 15.8. The average molecular weight is 382 g/mol. The van der Waals surface area contributed by atoms with E-state index in [1.807, 2.05) is 30.3 Å². The Balaban J connectivity index is 1.52. The van der Waals surface area contributed by atoms with Crippen LogP contribution in [0, 0.1) is 0 Å². The highest BCUT2D eigenvalue weighted by molar-refractivity contribution is 5.92. The van der Waals surface area contributed by atoms with Crippen LogP contribution in [-0.2, 0) is 0 Å². The molecule has 2 aromatic rings. The number of rotatable bonds is 5. The van der Waals surface area contributed by atoms with E-state index in [0.717, 1.165) is 31.7 Å². The number of carbonyl (C=O) groups is 1. The van der Waals surface area contributed by atoms with Gasteiger partial charge in [0.2, 0.25) is 0 Å². The predicted octanol–water partition coefficient (Wildman–Crippen LogP) is 1.64. The van der Waals surface area contributed by atoms with Gasteiger partial charge in [0.05, 0.1) is 18.3 Å². The Morgan fingerprint density at radius 2 is 1.93 bits per heavy atom. The lowest BCUT2D eigenvalue weighted by molar-refractivity contribution is 0.00145. The quantitative estimate of drug-likeness (QED) is 0.818. The van der Waals surface area contributed by atoms with Crippen molar-refractivity contribution < 1.29 is 14.6 Å². The summed E-state index contributed by atoms with van der Waals surface area (Å²) in [6, 6.07) is 9.13. The fraction of sp³-hybridized carbons (Fsp3) is 0.476. The van der Waals surface area contributed by atoms with Crippen LogP contribution >= 0.6 is 0 Å². The summed E-state index contributed by atoms with van der Waals surface area (Å²) in [4.78, 5) is 23.0. The van der Waals surface area contributed by atoms with Crippen LogP contribution in [0.15, 0.2) is 48.9 Å². The van der Waals surface area contributed by atoms with E-state index in [2.05, 4.69) is 20.2 Å². The molecule has 2 fully saturated rings. The maximum Gasteiger partial charge on any atom is 0.271 e. The lowest BCUT2D eigenvalue weighted by atomic mass is 10.0. The molecule has 4 atom stereocenters. The summed E-state index contributed by atoms with van der Waals surface area (Å²) < 4.78 is 6.07. The number of para-hydroxylation sites is 1. The average Bonchev–Trinajstić information content (AvgIpc) is 3.04. The molecule has 1 saturated carbocycles. The second-order valence-corrected chi connectivity index (χ2v) is 7.45. The highest BCUT2D eigenvalue weighted by Gasteiger charge is 2.47. The molecule has 0 radical (unpaired) electrons. The first kappa shape index (κ1) is 18.8. The summed E-state index contributed by atoms with van der Waals surface area (Å²) in [7, 11) is 0. The van der Waals surface area contributed by atoms with Gasteiger partial charge in [-0.25, -0.2) is 4.98 Å². The first-order valence-corrected chi connectivity index (χ1v) is 9.93. The number of ether oxygens (including phenoxy) is 1. The maximum absolute atomic E-state index is 12.6. The van der Waals surface area contributed by atoms with Gasteiger partial charge in [0.25, 0.3) is 5.91 Å². The summed E-state index contributed by atoms with van der Waals surface area (Å²) in [5.41, 5.74) is 0.279. The van der Waals surface area contributed by atoms with Crippen LogP contribution < -0.4 is 10.1 Å². The Morgan fingerprint density at radius 3 is 2.64 bits per heavy atom. The molecule has 7 nitrogen and oxygen atoms in total. The highest BCUT2D eigenvalue weighted by atomic mass is 16.5. The van der Waals surface area contributed by atoms with Crippen LogP contribution in [-0.4, -0.2) is 63.3 Å². The van der Waals surface area contributed by atoms with Crippen LogP contribution in [0.3, 0.4) is 0 Å². The molecule has 1 aliphatic heterocycles. The highest BCUT2D eigenvalue weighted by Crippen LogP contribution is 2.31. The summed E-state index contributed by atoms with van der Waals surface area (Å²) >= 11 is 0. The van der Waals surface area contributed by atoms with Crippen molar-refractivity contribution in [2.75, 3.05) is 13.1 Å². The zero-order valence-electron chi connectivity index (χ0n) is 15.8. The molecule has 1 saturated heterocycles. The third-order valence-corrected chi connectivity index (χ3v) is 5.58. The largest absolute Gasteiger partial charge is 0.488 e. The van der Waals surface area contributed by atoms with E-state index in [4.69, 9.17) is 4.74 Å². The molecule has 2 heterocycles. The Labute approximate surface area is 164 Å². The molecule has 28 heavy (non-hydrogen) atoms. The fourth-order valence-corrected chi connectivity index (χ4v) is 4.27. The van der Waals surface area contributed by atoms with E-state index in [-0.39, 0.29) is 29.8 Å². The Kier molecular flexibility index (Phi) is 5.83. The monoisotopic (exact) mass is 382 g/mol. The molecule has 1 aromatic heterocycles. The number of aliphatic hydroxyl groups excluding tert-OH is 1. The molecule has 7 heteroatoms. The van der Waals surface area contributed by atoms with Gasteiger partial charge in [0.15, 0.2) is 0 Å². The molecule has 0 unspecified atom stereocenters. The van der Waals surface area contributed by atoms with Gasteiger partial charge in [-0.3, -0.25) is 14.7 Å². The third-order valence-electron chi connectivity index (χ3n) is 5.58. The van der Waals surface area contributed by atoms with Gasteiger partial charge in [-0.1, -0.05) is 24.6 Å². The lowest BCUT2D eigenvalue weighted by Gasteiger charge is -2.37. The number of nitrogens with zero attached hydrogens (tertiary/aromatic N) is 3. The van der Waals surface area contributed by atoms with Crippen LogP contribution in [0.1, 0.15) is 36.2 Å². The van der Waals surface area contributed by atoms with Crippen molar-refractivity contribution in [3.05, 3.63) is 54.6 Å². The molecular formula is C21H26N4O3. The predicted molar refractivity (Wildman–Crippen MR) is 104 cm³/mol. The second-order valence-electron chi connectivity index (χ2n) is 7.45. The number of nitrogens with one attached hydrogen (secondary N) is 1. The Morgan fingerprint density at radius 1 is 1.14 bits per heavy atom. The first-order valence-electron chi connectivity index (χ1n) is 9.93. The van der Waals surface area contributed by atoms with Crippen molar-refractivity contribution in [1.82, 2.24) is 20.2 Å². The van der Waals surface area contributed by atoms with E-state index >= 15 is 0 Å². The summed E-state index contributed by atoms with van der Waals surface area (Å²) in [6.07, 6.45) is 7.42. The molecule has 2 N–H and O–H groups in total. The first-order chi connectivity index (χ1) is 13.7. The maximum atomic E-state index is 12.6. The number of benzene rings is 1. The van der Waals surface area contributed by atoms with Crippen molar-refractivity contribution >= 4 is 5.91 Å². The Hall–Kier alpha value is -2.51. The SMILES string of the molecule is O=C(N[C@@H]1C[C@@H](Oc2ccccc2)[C@H](O)[C@H]1N1CCCCC1)c1cnccn1. The topological polar surface area (TPSA) is 87.6 Å². The zero-order chi connectivity index (χ0) is 19.3. The molecular weight excluding hydrogens is 356 g/mol. The fourth-order valence-electron chi connectivity index (χ4n) is 4.27. The lowest BCUT2D eigenvalue weighted by Crippen LogP contribution is -2.54. The summed E-state index contributed by atoms with van der Waals surface area (Å²) in [5, 5.41) is 14.1. The smallest absolute Gasteiger partial charge is 0.271 e. The van der Waals surface area contributed by atoms with E-state index in [0.29, 0.717) is 6.42 Å². The molecule has 1 aromatic carbocycles. The normalized spacial score (nSPS) is 28.0. The van der Waals surface area contributed by atoms with Gasteiger partial charge >= 0.3 is 0 Å². The van der Waals surface area contributed by atoms with Crippen molar-refractivity contribution in [1.29, 1.82) is 0 Å². The number of aliphatic hydroxyl groups is 1. The summed E-state index contributed by atoms with van der Waals surface area (Å²) in [5.74, 6) is 0.456. The third kappa shape index (κ3) is 4.15. The molecule has 148 valence electrons. The van der Waals surface area contributed by atoms with E-state index in [1.165, 1.54) is 25.0 Å². The van der Waals surface area contributed by atoms with Gasteiger partial charge in [0.1, 0.15) is 23.7 Å². The number of likely N-dealkylation sites (tertiary alicyclic amines) is 1. The van der Waals surface area contributed by atoms with Crippen LogP contribution in [0.25, 0.3) is 0 Å². The molecule has 0 spiro atoms. The van der Waals surface area contributed by atoms with Gasteiger partial charge in [-0.15, -0.1) is 0 Å². The van der Waals surface area contributed by atoms with Crippen molar-refractivity contribution in [3.8, 4) is 5.75 Å². The molecule has 1 aliphatic carbocycles. The number of piperidine rings is 1. The van der Waals surface area contributed by atoms with Gasteiger partial charge in [0, 0.05) is 18.8 Å². The summed E-state index contributed by atoms with van der Waals surface area (Å²) in [6.45, 7) is 1.86. The minimum atomic E-state index is -0.675. The number of amides is 1. The minimum absolute atomic E-state index is 0.172. The van der Waals surface area contributed by atoms with E-state index in [1.54, 1.807) is 0 Å². The standard InChI is InChI=1S/C21H26N4O3/c26-20-18(28-15-7-3-1-4-8-15)13-16(19(20)25-11-5-2-6-12-25)24-21(27)17-14-22-9-10-23-17/h1,3-4,7-10,14,16,18-20,26H,2,5-6,11-13H2,(H,24,27)/t16-,18-,19+,20+/m1/s1. The minimum Gasteiger partial charge on any atom is -0.488 e. The van der Waals surface area contributed by atoms with E-state index in [9.17, 15) is 9.90 Å².